The van der Waals surface area contributed by atoms with Gasteiger partial charge in [-0.05, 0) is 53.9 Å². The summed E-state index contributed by atoms with van der Waals surface area (Å²) in [6.45, 7) is 2.01. The molecule has 1 unspecified atom stereocenters. The van der Waals surface area contributed by atoms with Gasteiger partial charge >= 0.3 is 5.63 Å². The SMILES string of the molecule is C.COc1ccc2oc(=O)c3c(c2c1)OC(N)=C(C#N)C3c1ccc(OC)c(-c2ccccc2C)c1. The van der Waals surface area contributed by atoms with Gasteiger partial charge in [0.2, 0.25) is 5.88 Å². The quantitative estimate of drug-likeness (QED) is 0.375. The Hall–Kier alpha value is -4.70. The molecule has 7 heteroatoms. The van der Waals surface area contributed by atoms with Gasteiger partial charge in [0.25, 0.3) is 0 Å². The van der Waals surface area contributed by atoms with Crippen LogP contribution in [0.15, 0.2) is 81.3 Å². The van der Waals surface area contributed by atoms with Gasteiger partial charge in [0.1, 0.15) is 28.7 Å². The first-order valence-electron chi connectivity index (χ1n) is 10.9. The smallest absolute Gasteiger partial charge is 0.344 e. The first kappa shape index (κ1) is 24.4. The number of hydrogen-bond donors (Lipinski definition) is 1. The Balaban J connectivity index is 0.00000304. The van der Waals surface area contributed by atoms with Gasteiger partial charge in [0.05, 0.1) is 31.1 Å². The number of hydrogen-bond acceptors (Lipinski definition) is 7. The number of rotatable bonds is 4. The number of benzene rings is 3. The predicted octanol–water partition coefficient (Wildman–Crippen LogP) is 5.64. The van der Waals surface area contributed by atoms with Gasteiger partial charge in [-0.25, -0.2) is 4.79 Å². The maximum Gasteiger partial charge on any atom is 0.344 e. The average Bonchev–Trinajstić information content (AvgIpc) is 2.87. The fourth-order valence-corrected chi connectivity index (χ4v) is 4.55. The van der Waals surface area contributed by atoms with Crippen molar-refractivity contribution in [3.63, 3.8) is 0 Å². The summed E-state index contributed by atoms with van der Waals surface area (Å²) in [5.41, 5.74) is 9.84. The highest BCUT2D eigenvalue weighted by molar-refractivity contribution is 5.87. The number of nitrogens with two attached hydrogens (primary N) is 1. The molecule has 2 N–H and O–H groups in total. The summed E-state index contributed by atoms with van der Waals surface area (Å²) in [4.78, 5) is 13.2. The average molecular weight is 483 g/mol. The molecule has 0 saturated heterocycles. The molecule has 0 spiro atoms. The van der Waals surface area contributed by atoms with Gasteiger partial charge < -0.3 is 24.4 Å². The zero-order valence-electron chi connectivity index (χ0n) is 19.4. The van der Waals surface area contributed by atoms with Crippen molar-refractivity contribution < 1.29 is 18.6 Å². The highest BCUT2D eigenvalue weighted by Crippen LogP contribution is 2.45. The van der Waals surface area contributed by atoms with Crippen LogP contribution in [0.3, 0.4) is 0 Å². The monoisotopic (exact) mass is 482 g/mol. The molecule has 0 aliphatic carbocycles. The lowest BCUT2D eigenvalue weighted by molar-refractivity contribution is 0.386. The van der Waals surface area contributed by atoms with Crippen LogP contribution >= 0.6 is 0 Å². The van der Waals surface area contributed by atoms with Crippen molar-refractivity contribution in [3.8, 4) is 34.4 Å². The Morgan fingerprint density at radius 3 is 2.47 bits per heavy atom. The lowest BCUT2D eigenvalue weighted by Gasteiger charge is -2.26. The van der Waals surface area contributed by atoms with E-state index < -0.39 is 11.5 Å². The molecular formula is C29H26N2O5. The van der Waals surface area contributed by atoms with Crippen LogP contribution in [0.1, 0.15) is 30.0 Å². The van der Waals surface area contributed by atoms with E-state index in [0.717, 1.165) is 16.7 Å². The minimum atomic E-state index is -0.788. The number of fused-ring (bicyclic) bond motifs is 3. The summed E-state index contributed by atoms with van der Waals surface area (Å²) < 4.78 is 22.5. The Morgan fingerprint density at radius 1 is 1.00 bits per heavy atom. The normalized spacial score (nSPS) is 14.3. The van der Waals surface area contributed by atoms with Crippen molar-refractivity contribution in [1.82, 2.24) is 0 Å². The first-order valence-corrected chi connectivity index (χ1v) is 10.9. The molecule has 0 fully saturated rings. The third-order valence-corrected chi connectivity index (χ3v) is 6.27. The predicted molar refractivity (Wildman–Crippen MR) is 138 cm³/mol. The number of methoxy groups -OCH3 is 2. The van der Waals surface area contributed by atoms with Crippen molar-refractivity contribution in [1.29, 1.82) is 5.26 Å². The Kier molecular flexibility index (Phi) is 6.45. The lowest BCUT2D eigenvalue weighted by atomic mass is 9.82. The minimum Gasteiger partial charge on any atom is -0.497 e. The zero-order valence-corrected chi connectivity index (χ0v) is 19.4. The molecule has 1 aliphatic rings. The van der Waals surface area contributed by atoms with Crippen molar-refractivity contribution in [2.24, 2.45) is 5.73 Å². The summed E-state index contributed by atoms with van der Waals surface area (Å²) in [6, 6.07) is 20.7. The van der Waals surface area contributed by atoms with Gasteiger partial charge in [-0.3, -0.25) is 0 Å². The fourth-order valence-electron chi connectivity index (χ4n) is 4.55. The van der Waals surface area contributed by atoms with Gasteiger partial charge in [0.15, 0.2) is 5.75 Å². The van der Waals surface area contributed by atoms with Crippen LogP contribution in [0.5, 0.6) is 17.2 Å². The topological polar surface area (TPSA) is 108 Å². The molecule has 2 heterocycles. The summed E-state index contributed by atoms with van der Waals surface area (Å²) in [5, 5.41) is 10.5. The summed E-state index contributed by atoms with van der Waals surface area (Å²) in [5.74, 6) is 0.636. The molecule has 182 valence electrons. The highest BCUT2D eigenvalue weighted by Gasteiger charge is 2.36. The molecule has 3 aromatic carbocycles. The van der Waals surface area contributed by atoms with Gasteiger partial charge in [0, 0.05) is 5.56 Å². The summed E-state index contributed by atoms with van der Waals surface area (Å²) in [6.07, 6.45) is 0. The Morgan fingerprint density at radius 2 is 1.78 bits per heavy atom. The maximum atomic E-state index is 13.2. The summed E-state index contributed by atoms with van der Waals surface area (Å²) >= 11 is 0. The van der Waals surface area contributed by atoms with Crippen molar-refractivity contribution in [2.75, 3.05) is 14.2 Å². The van der Waals surface area contributed by atoms with E-state index in [2.05, 4.69) is 6.07 Å². The second kappa shape index (κ2) is 9.51. The molecule has 0 bridgehead atoms. The second-order valence-corrected chi connectivity index (χ2v) is 8.19. The van der Waals surface area contributed by atoms with E-state index in [1.807, 2.05) is 49.4 Å². The first-order chi connectivity index (χ1) is 17.0. The molecule has 0 amide bonds. The second-order valence-electron chi connectivity index (χ2n) is 8.19. The van der Waals surface area contributed by atoms with Crippen LogP contribution < -0.4 is 25.6 Å². The zero-order chi connectivity index (χ0) is 24.7. The largest absolute Gasteiger partial charge is 0.497 e. The number of allylic oxidation sites excluding steroid dienone is 1. The van der Waals surface area contributed by atoms with Crippen molar-refractivity contribution in [3.05, 3.63) is 99.2 Å². The van der Waals surface area contributed by atoms with E-state index in [-0.39, 0.29) is 30.2 Å². The molecule has 4 aromatic rings. The van der Waals surface area contributed by atoms with Crippen LogP contribution in [0, 0.1) is 18.3 Å². The maximum absolute atomic E-state index is 13.2. The molecule has 7 nitrogen and oxygen atoms in total. The molecule has 1 aromatic heterocycles. The molecule has 0 saturated carbocycles. The number of ether oxygens (including phenoxy) is 3. The van der Waals surface area contributed by atoms with Crippen molar-refractivity contribution in [2.45, 2.75) is 20.3 Å². The van der Waals surface area contributed by atoms with Crippen molar-refractivity contribution >= 4 is 11.0 Å². The standard InChI is InChI=1S/C28H22N2O5.CH4/c1-15-6-4-5-7-18(15)19-12-16(8-10-22(19)33-3)24-21(14-29)27(30)35-26-20-13-17(32-2)9-11-23(20)34-28(31)25(24)26;/h4-13,24H,30H2,1-3H3;1H4. The summed E-state index contributed by atoms with van der Waals surface area (Å²) in [7, 11) is 3.15. The Bertz CT molecular complexity index is 1610. The van der Waals surface area contributed by atoms with Gasteiger partial charge in [-0.15, -0.1) is 0 Å². The molecule has 0 radical (unpaired) electrons. The van der Waals surface area contributed by atoms with E-state index in [0.29, 0.717) is 28.0 Å². The van der Waals surface area contributed by atoms with Gasteiger partial charge in [-0.1, -0.05) is 37.8 Å². The third-order valence-electron chi connectivity index (χ3n) is 6.27. The van der Waals surface area contributed by atoms with Crippen LogP contribution in [-0.2, 0) is 0 Å². The molecular weight excluding hydrogens is 456 g/mol. The molecule has 36 heavy (non-hydrogen) atoms. The van der Waals surface area contributed by atoms with Crippen LogP contribution in [0.2, 0.25) is 0 Å². The van der Waals surface area contributed by atoms with E-state index >= 15 is 0 Å². The number of nitriles is 1. The molecule has 1 aliphatic heterocycles. The highest BCUT2D eigenvalue weighted by atomic mass is 16.5. The minimum absolute atomic E-state index is 0. The third kappa shape index (κ3) is 3.83. The van der Waals surface area contributed by atoms with Crippen LogP contribution in [0.4, 0.5) is 0 Å². The van der Waals surface area contributed by atoms with E-state index in [1.54, 1.807) is 32.4 Å². The van der Waals surface area contributed by atoms with E-state index in [9.17, 15) is 10.1 Å². The van der Waals surface area contributed by atoms with Crippen LogP contribution in [-0.4, -0.2) is 14.2 Å². The number of aryl methyl sites for hydroxylation is 1. The fraction of sp³-hybridized carbons (Fsp3) is 0.172. The van der Waals surface area contributed by atoms with Crippen LogP contribution in [0.25, 0.3) is 22.1 Å². The van der Waals surface area contributed by atoms with E-state index in [4.69, 9.17) is 24.4 Å². The number of nitrogens with zero attached hydrogens (tertiary/aromatic N) is 1. The molecule has 1 atom stereocenters. The molecule has 5 rings (SSSR count). The lowest BCUT2D eigenvalue weighted by Crippen LogP contribution is -2.26. The van der Waals surface area contributed by atoms with Gasteiger partial charge in [-0.2, -0.15) is 5.26 Å². The van der Waals surface area contributed by atoms with E-state index in [1.165, 1.54) is 0 Å². The Labute approximate surface area is 208 Å².